The molecule has 460 valence electrons. The summed E-state index contributed by atoms with van der Waals surface area (Å²) in [7, 11) is 0. The minimum Gasteiger partial charge on any atom is -0.508 e. The fraction of sp³-hybridized carbons (Fsp3) is 0.635. The van der Waals surface area contributed by atoms with Gasteiger partial charge in [-0.05, 0) is 92.9 Å². The van der Waals surface area contributed by atoms with Crippen molar-refractivity contribution in [2.75, 3.05) is 18.6 Å². The van der Waals surface area contributed by atoms with Crippen molar-refractivity contribution in [3.63, 3.8) is 0 Å². The molecule has 0 unspecified atom stereocenters. The number of phenols is 1. The highest BCUT2D eigenvalue weighted by Crippen LogP contribution is 2.15. The van der Waals surface area contributed by atoms with Crippen molar-refractivity contribution >= 4 is 88.8 Å². The molecular weight excluding hydrogens is 1100 g/mol. The Kier molecular flexibility index (Phi) is 32.4. The van der Waals surface area contributed by atoms with Crippen LogP contribution in [0.1, 0.15) is 112 Å². The molecule has 0 spiro atoms. The number of rotatable bonds is 39. The monoisotopic (exact) mass is 1180 g/mol. The summed E-state index contributed by atoms with van der Waals surface area (Å²) in [5.41, 5.74) is 6.05. The van der Waals surface area contributed by atoms with Gasteiger partial charge in [-0.1, -0.05) is 53.7 Å². The Labute approximate surface area is 478 Å². The molecule has 82 heavy (non-hydrogen) atoms. The Hall–Kier alpha value is -7.60. The summed E-state index contributed by atoms with van der Waals surface area (Å²) in [6.45, 7) is 10.7. The molecule has 1 aromatic carbocycles. The number of hydrogen-bond acceptors (Lipinski definition) is 17. The molecule has 1 aromatic rings. The van der Waals surface area contributed by atoms with Crippen molar-refractivity contribution in [1.29, 1.82) is 0 Å². The molecule has 0 fully saturated rings. The standard InChI is InChI=1S/C52H82N10O19S/c1-25(2)21-35(49(77)62-43(27(5)6)51(79)61-37(52(80)81)22-26(3)4)55-38(65)24-54-44(72)36(23-29-9-11-30(64)12-10-29)60-47(75)33(15-18-41(70)71)57-45(73)31(13-16-39(66)67)56-46(74)32(14-17-40(68)69)58-48(76)34(19-20-82-8)59-50(78)42(53)28(7)63/h9-12,25-28,31-37,42-43,63-64H,13-24,53H2,1-8H3,(H,54,72)(H,55,65)(H,56,74)(H,57,73)(H,58,76)(H,59,78)(H,60,75)(H,61,79)(H,62,77)(H,66,67)(H,68,69)(H,70,71)(H,80,81)/t28-,31+,32+,33+,34+,35+,36+,37+,42+,43+/m1/s1. The molecule has 0 saturated carbocycles. The summed E-state index contributed by atoms with van der Waals surface area (Å²) < 4.78 is 0. The quantitative estimate of drug-likeness (QED) is 0.0333. The molecule has 0 aromatic heterocycles. The van der Waals surface area contributed by atoms with E-state index in [1.807, 2.05) is 0 Å². The van der Waals surface area contributed by atoms with Gasteiger partial charge in [-0.25, -0.2) is 4.79 Å². The molecular formula is C52H82N10O19S. The molecule has 1 rings (SSSR count). The second kappa shape index (κ2) is 36.7. The van der Waals surface area contributed by atoms with Crippen molar-refractivity contribution in [3.8, 4) is 5.75 Å². The third kappa shape index (κ3) is 28.2. The number of thioether (sulfide) groups is 1. The van der Waals surface area contributed by atoms with Gasteiger partial charge in [0.2, 0.25) is 53.2 Å². The number of aliphatic hydroxyl groups is 1. The number of hydrogen-bond donors (Lipinski definition) is 16. The van der Waals surface area contributed by atoms with E-state index in [-0.39, 0.29) is 49.0 Å². The van der Waals surface area contributed by atoms with Gasteiger partial charge < -0.3 is 84.2 Å². The number of aliphatic carboxylic acids is 4. The number of benzene rings is 1. The average molecular weight is 1180 g/mol. The van der Waals surface area contributed by atoms with Crippen molar-refractivity contribution in [2.24, 2.45) is 23.5 Å². The van der Waals surface area contributed by atoms with Crippen LogP contribution in [0.25, 0.3) is 0 Å². The molecule has 0 aliphatic carbocycles. The average Bonchev–Trinajstić information content (AvgIpc) is 3.40. The second-order valence-electron chi connectivity index (χ2n) is 20.7. The van der Waals surface area contributed by atoms with Crippen molar-refractivity contribution in [1.82, 2.24) is 47.9 Å². The van der Waals surface area contributed by atoms with E-state index in [1.165, 1.54) is 43.0 Å². The van der Waals surface area contributed by atoms with Gasteiger partial charge in [-0.15, -0.1) is 0 Å². The van der Waals surface area contributed by atoms with Crippen LogP contribution in [-0.2, 0) is 68.7 Å². The van der Waals surface area contributed by atoms with Crippen LogP contribution in [0.3, 0.4) is 0 Å². The summed E-state index contributed by atoms with van der Waals surface area (Å²) in [4.78, 5) is 170. The summed E-state index contributed by atoms with van der Waals surface area (Å²) in [5, 5.41) is 79.6. The SMILES string of the molecule is CSCC[C@H](NC(=O)[C@@H](N)[C@@H](C)O)C(=O)N[C@@H](CCC(=O)O)C(=O)N[C@@H](CCC(=O)O)C(=O)N[C@@H](CCC(=O)O)C(=O)N[C@@H](Cc1ccc(O)cc1)C(=O)NCC(=O)N[C@@H](CC(C)C)C(=O)N[C@H](C(=O)N[C@@H](CC(C)C)C(=O)O)C(C)C. The van der Waals surface area contributed by atoms with Crippen LogP contribution >= 0.6 is 11.8 Å². The van der Waals surface area contributed by atoms with E-state index in [9.17, 15) is 93.0 Å². The summed E-state index contributed by atoms with van der Waals surface area (Å²) >= 11 is 1.28. The predicted octanol–water partition coefficient (Wildman–Crippen LogP) is -2.18. The van der Waals surface area contributed by atoms with Crippen LogP contribution in [0.15, 0.2) is 24.3 Å². The Bertz CT molecular complexity index is 2370. The zero-order chi connectivity index (χ0) is 62.6. The van der Waals surface area contributed by atoms with Gasteiger partial charge in [0.15, 0.2) is 0 Å². The Morgan fingerprint density at radius 3 is 1.27 bits per heavy atom. The third-order valence-electron chi connectivity index (χ3n) is 12.3. The zero-order valence-corrected chi connectivity index (χ0v) is 48.1. The molecule has 29 nitrogen and oxygen atoms in total. The number of aliphatic hydroxyl groups excluding tert-OH is 1. The normalized spacial score (nSPS) is 14.8. The maximum Gasteiger partial charge on any atom is 0.326 e. The maximum atomic E-state index is 14.2. The van der Waals surface area contributed by atoms with E-state index in [4.69, 9.17) is 5.73 Å². The largest absolute Gasteiger partial charge is 0.508 e. The number of carboxylic acids is 4. The summed E-state index contributed by atoms with van der Waals surface area (Å²) in [5.74, 6) is -15.5. The van der Waals surface area contributed by atoms with E-state index < -0.39 is 189 Å². The van der Waals surface area contributed by atoms with E-state index in [0.29, 0.717) is 5.56 Å². The highest BCUT2D eigenvalue weighted by molar-refractivity contribution is 7.98. The highest BCUT2D eigenvalue weighted by Gasteiger charge is 2.36. The van der Waals surface area contributed by atoms with Gasteiger partial charge in [-0.2, -0.15) is 11.8 Å². The van der Waals surface area contributed by atoms with Gasteiger partial charge in [0.25, 0.3) is 0 Å². The second-order valence-corrected chi connectivity index (χ2v) is 21.7. The van der Waals surface area contributed by atoms with Crippen molar-refractivity contribution < 1.29 is 93.0 Å². The topological polar surface area (TPSA) is 478 Å². The number of carbonyl (C=O) groups is 13. The minimum atomic E-state index is -1.87. The number of carboxylic acid groups (broad SMARTS) is 4. The van der Waals surface area contributed by atoms with Crippen molar-refractivity contribution in [2.45, 2.75) is 173 Å². The Balaban J connectivity index is 3.56. The number of nitrogens with two attached hydrogens (primary N) is 1. The first-order chi connectivity index (χ1) is 38.3. The number of phenolic OH excluding ortho intramolecular Hbond substituents is 1. The Morgan fingerprint density at radius 1 is 0.488 bits per heavy atom. The molecule has 0 bridgehead atoms. The maximum absolute atomic E-state index is 14.2. The fourth-order valence-electron chi connectivity index (χ4n) is 7.75. The highest BCUT2D eigenvalue weighted by atomic mass is 32.2. The lowest BCUT2D eigenvalue weighted by Crippen LogP contribution is -2.60. The molecule has 0 saturated heterocycles. The summed E-state index contributed by atoms with van der Waals surface area (Å²) in [6.07, 6.45) is -4.13. The molecule has 0 aliphatic heterocycles. The van der Waals surface area contributed by atoms with Crippen LogP contribution in [0.4, 0.5) is 0 Å². The molecule has 10 atom stereocenters. The van der Waals surface area contributed by atoms with Crippen LogP contribution in [0.5, 0.6) is 5.75 Å². The minimum absolute atomic E-state index is 0.0316. The van der Waals surface area contributed by atoms with Gasteiger partial charge in [-0.3, -0.25) is 57.5 Å². The van der Waals surface area contributed by atoms with Crippen LogP contribution < -0.4 is 53.6 Å². The van der Waals surface area contributed by atoms with Gasteiger partial charge in [0.1, 0.15) is 60.1 Å². The molecule has 0 heterocycles. The lowest BCUT2D eigenvalue weighted by atomic mass is 9.98. The first kappa shape index (κ1) is 72.4. The molecule has 0 radical (unpaired) electrons. The fourth-order valence-corrected chi connectivity index (χ4v) is 8.22. The Morgan fingerprint density at radius 2 is 0.878 bits per heavy atom. The number of aromatic hydroxyl groups is 1. The lowest BCUT2D eigenvalue weighted by Gasteiger charge is -2.28. The van der Waals surface area contributed by atoms with E-state index in [2.05, 4.69) is 47.9 Å². The summed E-state index contributed by atoms with van der Waals surface area (Å²) in [6, 6.07) is -8.38. The first-order valence-corrected chi connectivity index (χ1v) is 27.9. The first-order valence-electron chi connectivity index (χ1n) is 26.5. The van der Waals surface area contributed by atoms with Gasteiger partial charge in [0, 0.05) is 25.7 Å². The predicted molar refractivity (Wildman–Crippen MR) is 295 cm³/mol. The van der Waals surface area contributed by atoms with Crippen LogP contribution in [0.2, 0.25) is 0 Å². The van der Waals surface area contributed by atoms with Crippen LogP contribution in [0, 0.1) is 17.8 Å². The number of nitrogens with one attached hydrogen (secondary N) is 9. The van der Waals surface area contributed by atoms with Crippen LogP contribution in [-0.4, -0.2) is 187 Å². The molecule has 17 N–H and O–H groups in total. The number of amides is 9. The molecule has 30 heteroatoms. The zero-order valence-electron chi connectivity index (χ0n) is 47.3. The van der Waals surface area contributed by atoms with Gasteiger partial charge >= 0.3 is 23.9 Å². The van der Waals surface area contributed by atoms with E-state index in [0.717, 1.165) is 0 Å². The van der Waals surface area contributed by atoms with E-state index in [1.54, 1.807) is 47.8 Å². The van der Waals surface area contributed by atoms with E-state index >= 15 is 0 Å². The van der Waals surface area contributed by atoms with Gasteiger partial charge in [0.05, 0.1) is 12.6 Å². The van der Waals surface area contributed by atoms with Crippen molar-refractivity contribution in [3.05, 3.63) is 29.8 Å². The molecule has 9 amide bonds. The number of carbonyl (C=O) groups excluding carboxylic acids is 9. The molecule has 0 aliphatic rings. The third-order valence-corrected chi connectivity index (χ3v) is 12.9. The smallest absolute Gasteiger partial charge is 0.326 e. The lowest BCUT2D eigenvalue weighted by molar-refractivity contribution is -0.143.